The maximum absolute atomic E-state index is 12.5. The van der Waals surface area contributed by atoms with Crippen molar-refractivity contribution < 1.29 is 9.21 Å². The monoisotopic (exact) mass is 349 g/mol. The van der Waals surface area contributed by atoms with Crippen molar-refractivity contribution in [2.24, 2.45) is 5.73 Å². The van der Waals surface area contributed by atoms with Gasteiger partial charge in [0.15, 0.2) is 0 Å². The number of rotatable bonds is 3. The second-order valence-electron chi connectivity index (χ2n) is 6.41. The van der Waals surface area contributed by atoms with Crippen LogP contribution in [0.2, 0.25) is 0 Å². The summed E-state index contributed by atoms with van der Waals surface area (Å²) in [7, 11) is 0. The number of oxazole rings is 1. The summed E-state index contributed by atoms with van der Waals surface area (Å²) in [5, 5.41) is 2.95. The third kappa shape index (κ3) is 3.79. The number of aromatic nitrogens is 1. The Morgan fingerprint density at radius 2 is 1.96 bits per heavy atom. The van der Waals surface area contributed by atoms with E-state index in [1.807, 2.05) is 38.1 Å². The highest BCUT2D eigenvalue weighted by Gasteiger charge is 2.35. The second kappa shape index (κ2) is 7.36. The van der Waals surface area contributed by atoms with E-state index in [1.165, 1.54) is 0 Å². The molecule has 0 saturated heterocycles. The molecule has 1 amide bonds. The molecule has 6 heteroatoms. The van der Waals surface area contributed by atoms with E-state index in [4.69, 9.17) is 10.2 Å². The molecule has 1 aromatic heterocycles. The normalized spacial score (nSPS) is 16.3. The van der Waals surface area contributed by atoms with Gasteiger partial charge in [-0.2, -0.15) is 0 Å². The highest BCUT2D eigenvalue weighted by Crippen LogP contribution is 2.28. The van der Waals surface area contributed by atoms with Gasteiger partial charge < -0.3 is 15.5 Å². The van der Waals surface area contributed by atoms with Gasteiger partial charge in [0.1, 0.15) is 5.76 Å². The van der Waals surface area contributed by atoms with Crippen LogP contribution >= 0.6 is 12.4 Å². The molecule has 0 aliphatic heterocycles. The first kappa shape index (κ1) is 18.5. The number of anilines is 1. The number of amides is 1. The van der Waals surface area contributed by atoms with Crippen LogP contribution in [-0.4, -0.2) is 16.4 Å². The van der Waals surface area contributed by atoms with Crippen LogP contribution in [0.3, 0.4) is 0 Å². The first-order valence-electron chi connectivity index (χ1n) is 8.13. The SMILES string of the molecule is Cc1nc(-c2cccc(NC(=O)C3(N)CCCCC3)c2)oc1C.Cl. The van der Waals surface area contributed by atoms with Gasteiger partial charge >= 0.3 is 0 Å². The fourth-order valence-electron chi connectivity index (χ4n) is 2.99. The van der Waals surface area contributed by atoms with Crippen molar-refractivity contribution in [3.8, 4) is 11.5 Å². The van der Waals surface area contributed by atoms with Crippen LogP contribution in [0.25, 0.3) is 11.5 Å². The standard InChI is InChI=1S/C18H23N3O2.ClH/c1-12-13(2)23-16(20-12)14-7-6-8-15(11-14)21-17(22)18(19)9-4-3-5-10-18;/h6-8,11H,3-5,9-10,19H2,1-2H3,(H,21,22);1H. The Hall–Kier alpha value is -1.85. The summed E-state index contributed by atoms with van der Waals surface area (Å²) in [4.78, 5) is 16.9. The number of carbonyl (C=O) groups excluding carboxylic acids is 1. The highest BCUT2D eigenvalue weighted by atomic mass is 35.5. The molecular formula is C18H24ClN3O2. The number of benzene rings is 1. The number of hydrogen-bond acceptors (Lipinski definition) is 4. The fourth-order valence-corrected chi connectivity index (χ4v) is 2.99. The van der Waals surface area contributed by atoms with Crippen LogP contribution < -0.4 is 11.1 Å². The Labute approximate surface area is 148 Å². The summed E-state index contributed by atoms with van der Waals surface area (Å²) in [5.74, 6) is 1.27. The number of aryl methyl sites for hydroxylation is 2. The summed E-state index contributed by atoms with van der Waals surface area (Å²) in [5.41, 5.74) is 7.97. The Bertz CT molecular complexity index is 701. The van der Waals surface area contributed by atoms with Gasteiger partial charge in [-0.25, -0.2) is 4.98 Å². The van der Waals surface area contributed by atoms with Crippen molar-refractivity contribution >= 4 is 24.0 Å². The highest BCUT2D eigenvalue weighted by molar-refractivity contribution is 5.98. The lowest BCUT2D eigenvalue weighted by Crippen LogP contribution is -2.52. The van der Waals surface area contributed by atoms with Crippen LogP contribution in [-0.2, 0) is 4.79 Å². The third-order valence-corrected chi connectivity index (χ3v) is 4.59. The molecule has 1 aliphatic carbocycles. The van der Waals surface area contributed by atoms with E-state index in [9.17, 15) is 4.79 Å². The van der Waals surface area contributed by atoms with Crippen molar-refractivity contribution in [2.75, 3.05) is 5.32 Å². The fraction of sp³-hybridized carbons (Fsp3) is 0.444. The second-order valence-corrected chi connectivity index (χ2v) is 6.41. The number of carbonyl (C=O) groups is 1. The van der Waals surface area contributed by atoms with E-state index in [0.29, 0.717) is 5.89 Å². The summed E-state index contributed by atoms with van der Waals surface area (Å²) in [6.45, 7) is 3.80. The average molecular weight is 350 g/mol. The van der Waals surface area contributed by atoms with Crippen LogP contribution in [0.15, 0.2) is 28.7 Å². The Kier molecular flexibility index (Phi) is 5.67. The van der Waals surface area contributed by atoms with Gasteiger partial charge in [0.2, 0.25) is 11.8 Å². The molecule has 3 N–H and O–H groups in total. The molecule has 0 radical (unpaired) electrons. The molecule has 2 aromatic rings. The Balaban J connectivity index is 0.00000208. The minimum absolute atomic E-state index is 0. The predicted octanol–water partition coefficient (Wildman–Crippen LogP) is 3.98. The quantitative estimate of drug-likeness (QED) is 0.878. The van der Waals surface area contributed by atoms with Gasteiger partial charge in [-0.1, -0.05) is 25.3 Å². The molecule has 1 fully saturated rings. The zero-order chi connectivity index (χ0) is 16.4. The third-order valence-electron chi connectivity index (χ3n) is 4.59. The molecule has 0 bridgehead atoms. The smallest absolute Gasteiger partial charge is 0.244 e. The number of nitrogens with zero attached hydrogens (tertiary/aromatic N) is 1. The van der Waals surface area contributed by atoms with Crippen molar-refractivity contribution in [3.63, 3.8) is 0 Å². The molecule has 1 heterocycles. The minimum atomic E-state index is -0.746. The topological polar surface area (TPSA) is 81.2 Å². The largest absolute Gasteiger partial charge is 0.441 e. The molecule has 0 spiro atoms. The minimum Gasteiger partial charge on any atom is -0.441 e. The van der Waals surface area contributed by atoms with Gasteiger partial charge in [-0.15, -0.1) is 12.4 Å². The molecule has 1 aromatic carbocycles. The first-order valence-corrected chi connectivity index (χ1v) is 8.13. The van der Waals surface area contributed by atoms with Gasteiger partial charge in [0.05, 0.1) is 11.2 Å². The van der Waals surface area contributed by atoms with Crippen LogP contribution in [0, 0.1) is 13.8 Å². The molecule has 0 atom stereocenters. The summed E-state index contributed by atoms with van der Waals surface area (Å²) >= 11 is 0. The number of halogens is 1. The summed E-state index contributed by atoms with van der Waals surface area (Å²) < 4.78 is 5.65. The lowest BCUT2D eigenvalue weighted by Gasteiger charge is -2.31. The van der Waals surface area contributed by atoms with E-state index in [2.05, 4.69) is 10.3 Å². The predicted molar refractivity (Wildman–Crippen MR) is 97.3 cm³/mol. The van der Waals surface area contributed by atoms with E-state index in [0.717, 1.165) is 54.8 Å². The average Bonchev–Trinajstić information content (AvgIpc) is 2.88. The molecular weight excluding hydrogens is 326 g/mol. The molecule has 5 nitrogen and oxygen atoms in total. The van der Waals surface area contributed by atoms with Crippen molar-refractivity contribution in [1.82, 2.24) is 4.98 Å². The zero-order valence-corrected chi connectivity index (χ0v) is 14.9. The van der Waals surface area contributed by atoms with Gasteiger partial charge in [0.25, 0.3) is 0 Å². The maximum Gasteiger partial charge on any atom is 0.244 e. The lowest BCUT2D eigenvalue weighted by molar-refractivity contribution is -0.122. The van der Waals surface area contributed by atoms with Crippen molar-refractivity contribution in [3.05, 3.63) is 35.7 Å². The van der Waals surface area contributed by atoms with E-state index >= 15 is 0 Å². The Morgan fingerprint density at radius 1 is 1.25 bits per heavy atom. The van der Waals surface area contributed by atoms with Crippen LogP contribution in [0.1, 0.15) is 43.6 Å². The van der Waals surface area contributed by atoms with Crippen LogP contribution in [0.5, 0.6) is 0 Å². The summed E-state index contributed by atoms with van der Waals surface area (Å²) in [6.07, 6.45) is 4.68. The summed E-state index contributed by atoms with van der Waals surface area (Å²) in [6, 6.07) is 7.52. The molecule has 3 rings (SSSR count). The first-order chi connectivity index (χ1) is 11.0. The van der Waals surface area contributed by atoms with Crippen molar-refractivity contribution in [2.45, 2.75) is 51.5 Å². The van der Waals surface area contributed by atoms with Gasteiger partial charge in [0, 0.05) is 11.3 Å². The molecule has 1 saturated carbocycles. The van der Waals surface area contributed by atoms with Crippen LogP contribution in [0.4, 0.5) is 5.69 Å². The van der Waals surface area contributed by atoms with E-state index in [1.54, 1.807) is 0 Å². The van der Waals surface area contributed by atoms with E-state index in [-0.39, 0.29) is 18.3 Å². The lowest BCUT2D eigenvalue weighted by atomic mass is 9.82. The molecule has 24 heavy (non-hydrogen) atoms. The number of nitrogens with two attached hydrogens (primary N) is 1. The maximum atomic E-state index is 12.5. The zero-order valence-electron chi connectivity index (χ0n) is 14.1. The number of nitrogens with one attached hydrogen (secondary N) is 1. The van der Waals surface area contributed by atoms with Gasteiger partial charge in [-0.3, -0.25) is 4.79 Å². The van der Waals surface area contributed by atoms with Crippen molar-refractivity contribution in [1.29, 1.82) is 0 Å². The molecule has 130 valence electrons. The molecule has 0 unspecified atom stereocenters. The Morgan fingerprint density at radius 3 is 2.58 bits per heavy atom. The van der Waals surface area contributed by atoms with Gasteiger partial charge in [-0.05, 0) is 44.9 Å². The molecule has 1 aliphatic rings. The van der Waals surface area contributed by atoms with E-state index < -0.39 is 5.54 Å². The number of hydrogen-bond donors (Lipinski definition) is 2.